The molecule has 2 rings (SSSR count). The van der Waals surface area contributed by atoms with Crippen molar-refractivity contribution in [1.82, 2.24) is 0 Å². The maximum absolute atomic E-state index is 13.0. The number of benzene rings is 1. The van der Waals surface area contributed by atoms with Crippen LogP contribution in [0.15, 0.2) is 18.2 Å². The molecule has 1 heterocycles. The minimum absolute atomic E-state index is 0.176. The summed E-state index contributed by atoms with van der Waals surface area (Å²) in [5.41, 5.74) is 0.987. The molecule has 0 N–H and O–H groups in total. The van der Waals surface area contributed by atoms with Gasteiger partial charge in [-0.2, -0.15) is 11.8 Å². The van der Waals surface area contributed by atoms with E-state index >= 15 is 0 Å². The van der Waals surface area contributed by atoms with Gasteiger partial charge in [-0.3, -0.25) is 0 Å². The molecular weight excluding hydrogens is 259 g/mol. The number of hydrogen-bond acceptors (Lipinski definition) is 2. The molecule has 0 spiro atoms. The highest BCUT2D eigenvalue weighted by molar-refractivity contribution is 7.99. The Bertz CT molecular complexity index is 386. The minimum Gasteiger partial charge on any atom is -0.489 e. The van der Waals surface area contributed by atoms with Crippen molar-refractivity contribution in [3.63, 3.8) is 0 Å². The highest BCUT2D eigenvalue weighted by Crippen LogP contribution is 2.31. The van der Waals surface area contributed by atoms with Crippen LogP contribution in [0, 0.1) is 5.82 Å². The Morgan fingerprint density at radius 3 is 3.18 bits per heavy atom. The van der Waals surface area contributed by atoms with Gasteiger partial charge in [0.1, 0.15) is 17.7 Å². The highest BCUT2D eigenvalue weighted by atomic mass is 35.5. The molecule has 1 aliphatic rings. The molecule has 1 nitrogen and oxygen atoms in total. The van der Waals surface area contributed by atoms with Gasteiger partial charge < -0.3 is 4.74 Å². The third-order valence-corrected chi connectivity index (χ3v) is 4.43. The second kappa shape index (κ2) is 5.96. The molecule has 1 aliphatic heterocycles. The second-order valence-corrected chi connectivity index (χ2v) is 6.17. The van der Waals surface area contributed by atoms with Crippen LogP contribution in [0.3, 0.4) is 0 Å². The Balaban J connectivity index is 1.84. The largest absolute Gasteiger partial charge is 0.489 e. The first-order valence-electron chi connectivity index (χ1n) is 5.81. The summed E-state index contributed by atoms with van der Waals surface area (Å²) in [6, 6.07) is 4.74. The Morgan fingerprint density at radius 1 is 1.59 bits per heavy atom. The van der Waals surface area contributed by atoms with Gasteiger partial charge in [-0.15, -0.1) is 11.6 Å². The summed E-state index contributed by atoms with van der Waals surface area (Å²) in [6.07, 6.45) is 2.00. The van der Waals surface area contributed by atoms with Crippen LogP contribution in [0.4, 0.5) is 4.39 Å². The molecule has 1 aromatic carbocycles. The van der Waals surface area contributed by atoms with Crippen LogP contribution in [0.5, 0.6) is 5.75 Å². The van der Waals surface area contributed by atoms with Crippen molar-refractivity contribution < 1.29 is 9.13 Å². The molecule has 2 unspecified atom stereocenters. The number of thioether (sulfide) groups is 1. The highest BCUT2D eigenvalue weighted by Gasteiger charge is 2.23. The lowest BCUT2D eigenvalue weighted by Gasteiger charge is -2.13. The summed E-state index contributed by atoms with van der Waals surface area (Å²) < 4.78 is 18.8. The molecule has 0 saturated heterocycles. The van der Waals surface area contributed by atoms with Gasteiger partial charge in [-0.1, -0.05) is 6.92 Å². The molecular formula is C13H16ClFOS. The Labute approximate surface area is 111 Å². The lowest BCUT2D eigenvalue weighted by molar-refractivity contribution is 0.259. The van der Waals surface area contributed by atoms with Gasteiger partial charge in [0.05, 0.1) is 0 Å². The third-order valence-electron chi connectivity index (χ3n) is 2.85. The molecule has 2 atom stereocenters. The van der Waals surface area contributed by atoms with E-state index in [0.29, 0.717) is 11.1 Å². The predicted octanol–water partition coefficient (Wildman–Crippen LogP) is 3.88. The second-order valence-electron chi connectivity index (χ2n) is 4.32. The minimum atomic E-state index is -0.184. The maximum atomic E-state index is 13.0. The van der Waals surface area contributed by atoms with Crippen LogP contribution in [-0.4, -0.2) is 23.0 Å². The van der Waals surface area contributed by atoms with Gasteiger partial charge in [-0.25, -0.2) is 4.39 Å². The summed E-state index contributed by atoms with van der Waals surface area (Å²) in [5, 5.41) is 0.552. The zero-order valence-corrected chi connectivity index (χ0v) is 11.4. The summed E-state index contributed by atoms with van der Waals surface area (Å²) >= 11 is 7.57. The van der Waals surface area contributed by atoms with E-state index in [9.17, 15) is 4.39 Å². The van der Waals surface area contributed by atoms with Crippen molar-refractivity contribution in [2.45, 2.75) is 31.1 Å². The fourth-order valence-electron chi connectivity index (χ4n) is 1.89. The van der Waals surface area contributed by atoms with E-state index in [1.54, 1.807) is 12.1 Å². The van der Waals surface area contributed by atoms with Crippen LogP contribution in [-0.2, 0) is 6.42 Å². The Morgan fingerprint density at radius 2 is 2.41 bits per heavy atom. The zero-order chi connectivity index (χ0) is 12.3. The first-order chi connectivity index (χ1) is 8.19. The Kier molecular flexibility index (Phi) is 4.57. The molecule has 17 heavy (non-hydrogen) atoms. The first kappa shape index (κ1) is 13.0. The third kappa shape index (κ3) is 3.52. The van der Waals surface area contributed by atoms with Crippen molar-refractivity contribution in [2.24, 2.45) is 0 Å². The van der Waals surface area contributed by atoms with Crippen LogP contribution >= 0.6 is 23.4 Å². The van der Waals surface area contributed by atoms with Gasteiger partial charge in [0, 0.05) is 28.9 Å². The summed E-state index contributed by atoms with van der Waals surface area (Å²) in [7, 11) is 0. The van der Waals surface area contributed by atoms with Crippen LogP contribution in [0.1, 0.15) is 18.9 Å². The molecule has 0 amide bonds. The van der Waals surface area contributed by atoms with E-state index in [4.69, 9.17) is 16.3 Å². The van der Waals surface area contributed by atoms with Gasteiger partial charge in [0.2, 0.25) is 0 Å². The number of ether oxygens (including phenoxy) is 1. The average molecular weight is 275 g/mol. The van der Waals surface area contributed by atoms with Crippen molar-refractivity contribution in [3.05, 3.63) is 29.6 Å². The number of hydrogen-bond donors (Lipinski definition) is 0. The average Bonchev–Trinajstić information content (AvgIpc) is 2.68. The molecule has 4 heteroatoms. The van der Waals surface area contributed by atoms with Gasteiger partial charge in [0.25, 0.3) is 0 Å². The van der Waals surface area contributed by atoms with Crippen LogP contribution in [0.2, 0.25) is 0 Å². The van der Waals surface area contributed by atoms with E-state index in [-0.39, 0.29) is 11.9 Å². The summed E-state index contributed by atoms with van der Waals surface area (Å²) in [6.45, 7) is 2.18. The van der Waals surface area contributed by atoms with Gasteiger partial charge in [0.15, 0.2) is 0 Å². The number of fused-ring (bicyclic) bond motifs is 1. The lowest BCUT2D eigenvalue weighted by Crippen LogP contribution is -2.17. The van der Waals surface area contributed by atoms with Crippen molar-refractivity contribution in [1.29, 1.82) is 0 Å². The molecule has 0 saturated carbocycles. The van der Waals surface area contributed by atoms with Gasteiger partial charge >= 0.3 is 0 Å². The fourth-order valence-corrected chi connectivity index (χ4v) is 3.36. The monoisotopic (exact) mass is 274 g/mol. The van der Waals surface area contributed by atoms with E-state index in [1.807, 2.05) is 11.8 Å². The quantitative estimate of drug-likeness (QED) is 0.754. The predicted molar refractivity (Wildman–Crippen MR) is 71.8 cm³/mol. The first-order valence-corrected chi connectivity index (χ1v) is 7.40. The fraction of sp³-hybridized carbons (Fsp3) is 0.538. The van der Waals surface area contributed by atoms with Crippen molar-refractivity contribution in [2.75, 3.05) is 11.6 Å². The van der Waals surface area contributed by atoms with E-state index in [1.165, 1.54) is 6.07 Å². The van der Waals surface area contributed by atoms with E-state index in [2.05, 4.69) is 6.92 Å². The topological polar surface area (TPSA) is 9.23 Å². The molecule has 94 valence electrons. The Hall–Kier alpha value is -0.410. The van der Waals surface area contributed by atoms with E-state index in [0.717, 1.165) is 29.9 Å². The smallest absolute Gasteiger partial charge is 0.123 e. The summed E-state index contributed by atoms with van der Waals surface area (Å²) in [5.74, 6) is 2.29. The molecule has 0 bridgehead atoms. The van der Waals surface area contributed by atoms with Crippen molar-refractivity contribution >= 4 is 23.4 Å². The van der Waals surface area contributed by atoms with Crippen LogP contribution in [0.25, 0.3) is 0 Å². The molecule has 0 aromatic heterocycles. The van der Waals surface area contributed by atoms with Gasteiger partial charge in [-0.05, 0) is 24.6 Å². The van der Waals surface area contributed by atoms with Crippen molar-refractivity contribution in [3.8, 4) is 5.75 Å². The molecule has 1 aromatic rings. The van der Waals surface area contributed by atoms with Crippen LogP contribution < -0.4 is 4.74 Å². The van der Waals surface area contributed by atoms with E-state index < -0.39 is 0 Å². The molecule has 0 fully saturated rings. The standard InChI is InChI=1S/C13H16ClFOS/c1-9(4-5-14)17-8-12-7-10-6-11(15)2-3-13(10)16-12/h2-3,6,9,12H,4-5,7-8H2,1H3. The number of halogens is 2. The SMILES string of the molecule is CC(CCCl)SCC1Cc2cc(F)ccc2O1. The normalized spacial score (nSPS) is 19.8. The number of rotatable bonds is 5. The summed E-state index contributed by atoms with van der Waals surface area (Å²) in [4.78, 5) is 0. The molecule has 0 radical (unpaired) electrons. The molecule has 0 aliphatic carbocycles. The zero-order valence-electron chi connectivity index (χ0n) is 9.79. The maximum Gasteiger partial charge on any atom is 0.123 e. The lowest BCUT2D eigenvalue weighted by atomic mass is 10.1. The number of alkyl halides is 1.